The first-order valence-corrected chi connectivity index (χ1v) is 5.25. The van der Waals surface area contributed by atoms with Crippen molar-refractivity contribution in [2.45, 2.75) is 0 Å². The molecular formula is C10H12Cl2N2O2. The van der Waals surface area contributed by atoms with Gasteiger partial charge in [-0.2, -0.15) is 0 Å². The fourth-order valence-electron chi connectivity index (χ4n) is 1.28. The summed E-state index contributed by atoms with van der Waals surface area (Å²) in [7, 11) is 4.62. The molecule has 0 atom stereocenters. The van der Waals surface area contributed by atoms with Gasteiger partial charge < -0.3 is 10.1 Å². The van der Waals surface area contributed by atoms with Gasteiger partial charge in [-0.05, 0) is 12.1 Å². The molecule has 1 aromatic rings. The number of nitrogens with one attached hydrogen (secondary N) is 1. The summed E-state index contributed by atoms with van der Waals surface area (Å²) in [6, 6.07) is 2.89. The standard InChI is InChI=1S/C10H12Cl2N2O2/c1-13-10(15)14(2)8-5-6(11)4-7(12)9(8)16-3/h4-5H,1-3H3,(H,13,15). The van der Waals surface area contributed by atoms with Gasteiger partial charge in [-0.3, -0.25) is 4.90 Å². The van der Waals surface area contributed by atoms with Crippen molar-refractivity contribution in [3.05, 3.63) is 22.2 Å². The molecule has 0 bridgehead atoms. The van der Waals surface area contributed by atoms with E-state index < -0.39 is 0 Å². The Morgan fingerprint density at radius 3 is 2.56 bits per heavy atom. The maximum Gasteiger partial charge on any atom is 0.321 e. The van der Waals surface area contributed by atoms with Gasteiger partial charge in [0.05, 0.1) is 17.8 Å². The van der Waals surface area contributed by atoms with Gasteiger partial charge in [0.25, 0.3) is 0 Å². The number of benzene rings is 1. The highest BCUT2D eigenvalue weighted by Crippen LogP contribution is 2.37. The van der Waals surface area contributed by atoms with E-state index in [1.165, 1.54) is 19.1 Å². The first-order valence-electron chi connectivity index (χ1n) is 4.49. The number of carbonyl (C=O) groups excluding carboxylic acids is 1. The zero-order valence-electron chi connectivity index (χ0n) is 9.17. The number of amides is 2. The van der Waals surface area contributed by atoms with Crippen molar-refractivity contribution in [1.29, 1.82) is 0 Å². The van der Waals surface area contributed by atoms with E-state index in [-0.39, 0.29) is 6.03 Å². The second-order valence-corrected chi connectivity index (χ2v) is 3.90. The molecule has 0 saturated carbocycles. The number of halogens is 2. The lowest BCUT2D eigenvalue weighted by Gasteiger charge is -2.20. The average molecular weight is 263 g/mol. The van der Waals surface area contributed by atoms with E-state index in [2.05, 4.69) is 5.32 Å². The number of rotatable bonds is 2. The number of methoxy groups -OCH3 is 1. The summed E-state index contributed by atoms with van der Waals surface area (Å²) in [6.07, 6.45) is 0. The van der Waals surface area contributed by atoms with Crippen molar-refractivity contribution in [2.24, 2.45) is 0 Å². The van der Waals surface area contributed by atoms with Gasteiger partial charge in [0.1, 0.15) is 0 Å². The van der Waals surface area contributed by atoms with Crippen LogP contribution in [0, 0.1) is 0 Å². The fourth-order valence-corrected chi connectivity index (χ4v) is 1.83. The maximum atomic E-state index is 11.5. The molecule has 0 radical (unpaired) electrons. The average Bonchev–Trinajstić information content (AvgIpc) is 2.26. The van der Waals surface area contributed by atoms with Crippen LogP contribution in [0.2, 0.25) is 10.0 Å². The molecule has 16 heavy (non-hydrogen) atoms. The van der Waals surface area contributed by atoms with Gasteiger partial charge in [0, 0.05) is 19.1 Å². The van der Waals surface area contributed by atoms with Crippen LogP contribution in [0.5, 0.6) is 5.75 Å². The monoisotopic (exact) mass is 262 g/mol. The summed E-state index contributed by atoms with van der Waals surface area (Å²) < 4.78 is 5.13. The highest BCUT2D eigenvalue weighted by Gasteiger charge is 2.17. The van der Waals surface area contributed by atoms with Gasteiger partial charge in [-0.25, -0.2) is 4.79 Å². The Morgan fingerprint density at radius 1 is 1.44 bits per heavy atom. The first-order chi connectivity index (χ1) is 7.51. The molecule has 1 aromatic carbocycles. The Labute approximate surface area is 104 Å². The van der Waals surface area contributed by atoms with E-state index in [1.54, 1.807) is 19.2 Å². The minimum atomic E-state index is -0.281. The number of hydrogen-bond donors (Lipinski definition) is 1. The van der Waals surface area contributed by atoms with Crippen molar-refractivity contribution in [2.75, 3.05) is 26.1 Å². The summed E-state index contributed by atoms with van der Waals surface area (Å²) in [4.78, 5) is 12.8. The lowest BCUT2D eigenvalue weighted by Crippen LogP contribution is -2.35. The van der Waals surface area contributed by atoms with Crippen LogP contribution < -0.4 is 15.0 Å². The highest BCUT2D eigenvalue weighted by molar-refractivity contribution is 6.36. The van der Waals surface area contributed by atoms with Crippen molar-refractivity contribution in [3.8, 4) is 5.75 Å². The molecule has 0 aliphatic carbocycles. The molecule has 6 heteroatoms. The summed E-state index contributed by atoms with van der Waals surface area (Å²) in [5.41, 5.74) is 0.513. The Hall–Kier alpha value is -1.13. The topological polar surface area (TPSA) is 41.6 Å². The largest absolute Gasteiger partial charge is 0.493 e. The Bertz CT molecular complexity index is 410. The van der Waals surface area contributed by atoms with Crippen LogP contribution in [0.4, 0.5) is 10.5 Å². The van der Waals surface area contributed by atoms with Crippen molar-refractivity contribution < 1.29 is 9.53 Å². The molecular weight excluding hydrogens is 251 g/mol. The summed E-state index contributed by atoms with van der Waals surface area (Å²) >= 11 is 11.8. The molecule has 0 saturated heterocycles. The van der Waals surface area contributed by atoms with Crippen LogP contribution in [-0.2, 0) is 0 Å². The molecule has 1 rings (SSSR count). The number of hydrogen-bond acceptors (Lipinski definition) is 2. The van der Waals surface area contributed by atoms with Gasteiger partial charge in [0.15, 0.2) is 5.75 Å². The smallest absolute Gasteiger partial charge is 0.321 e. The molecule has 2 amide bonds. The molecule has 0 aliphatic rings. The SMILES string of the molecule is CNC(=O)N(C)c1cc(Cl)cc(Cl)c1OC. The molecule has 0 heterocycles. The van der Waals surface area contributed by atoms with E-state index in [0.29, 0.717) is 21.5 Å². The van der Waals surface area contributed by atoms with Crippen molar-refractivity contribution in [3.63, 3.8) is 0 Å². The minimum absolute atomic E-state index is 0.281. The molecule has 0 aliphatic heterocycles. The predicted octanol–water partition coefficient (Wildman–Crippen LogP) is 2.78. The molecule has 0 unspecified atom stereocenters. The quantitative estimate of drug-likeness (QED) is 0.891. The van der Waals surface area contributed by atoms with Crippen LogP contribution >= 0.6 is 23.2 Å². The third-order valence-corrected chi connectivity index (χ3v) is 2.57. The van der Waals surface area contributed by atoms with E-state index >= 15 is 0 Å². The molecule has 0 aromatic heterocycles. The van der Waals surface area contributed by atoms with Gasteiger partial charge in [-0.15, -0.1) is 0 Å². The molecule has 88 valence electrons. The highest BCUT2D eigenvalue weighted by atomic mass is 35.5. The normalized spacial score (nSPS) is 9.81. The maximum absolute atomic E-state index is 11.5. The lowest BCUT2D eigenvalue weighted by molar-refractivity contribution is 0.249. The van der Waals surface area contributed by atoms with Gasteiger partial charge in [-0.1, -0.05) is 23.2 Å². The Kier molecular flexibility index (Phi) is 4.26. The van der Waals surface area contributed by atoms with E-state index in [1.807, 2.05) is 0 Å². The minimum Gasteiger partial charge on any atom is -0.493 e. The third kappa shape index (κ3) is 2.51. The van der Waals surface area contributed by atoms with E-state index in [0.717, 1.165) is 0 Å². The number of nitrogens with zero attached hydrogens (tertiary/aromatic N) is 1. The molecule has 0 spiro atoms. The molecule has 4 nitrogen and oxygen atoms in total. The number of carbonyl (C=O) groups is 1. The Balaban J connectivity index is 3.25. The Morgan fingerprint density at radius 2 is 2.06 bits per heavy atom. The van der Waals surface area contributed by atoms with Crippen LogP contribution in [0.1, 0.15) is 0 Å². The van der Waals surface area contributed by atoms with Gasteiger partial charge >= 0.3 is 6.03 Å². The zero-order valence-corrected chi connectivity index (χ0v) is 10.7. The van der Waals surface area contributed by atoms with Crippen molar-refractivity contribution >= 4 is 34.9 Å². The zero-order chi connectivity index (χ0) is 12.3. The number of anilines is 1. The van der Waals surface area contributed by atoms with Crippen LogP contribution in [0.3, 0.4) is 0 Å². The second kappa shape index (κ2) is 5.27. The predicted molar refractivity (Wildman–Crippen MR) is 65.9 cm³/mol. The molecule has 0 fully saturated rings. The first kappa shape index (κ1) is 12.9. The summed E-state index contributed by atoms with van der Waals surface area (Å²) in [5.74, 6) is 0.414. The molecule has 1 N–H and O–H groups in total. The van der Waals surface area contributed by atoms with E-state index in [9.17, 15) is 4.79 Å². The van der Waals surface area contributed by atoms with Crippen LogP contribution in [0.15, 0.2) is 12.1 Å². The summed E-state index contributed by atoms with van der Waals surface area (Å²) in [5, 5.41) is 3.30. The third-order valence-electron chi connectivity index (χ3n) is 2.07. The van der Waals surface area contributed by atoms with Gasteiger partial charge in [0.2, 0.25) is 0 Å². The van der Waals surface area contributed by atoms with Crippen molar-refractivity contribution in [1.82, 2.24) is 5.32 Å². The number of urea groups is 1. The fraction of sp³-hybridized carbons (Fsp3) is 0.300. The lowest BCUT2D eigenvalue weighted by atomic mass is 10.2. The van der Waals surface area contributed by atoms with E-state index in [4.69, 9.17) is 27.9 Å². The van der Waals surface area contributed by atoms with Crippen LogP contribution in [-0.4, -0.2) is 27.2 Å². The second-order valence-electron chi connectivity index (χ2n) is 3.05. The summed E-state index contributed by atoms with van der Waals surface area (Å²) in [6.45, 7) is 0. The number of ether oxygens (including phenoxy) is 1. The van der Waals surface area contributed by atoms with Crippen LogP contribution in [0.25, 0.3) is 0 Å².